The van der Waals surface area contributed by atoms with Crippen LogP contribution in [0.4, 0.5) is 35.1 Å². The molecule has 2 aromatic carbocycles. The highest BCUT2D eigenvalue weighted by Gasteiger charge is 2.35. The summed E-state index contributed by atoms with van der Waals surface area (Å²) in [5.74, 6) is -1.88. The van der Waals surface area contributed by atoms with E-state index in [2.05, 4.69) is 15.0 Å². The van der Waals surface area contributed by atoms with E-state index in [1.165, 1.54) is 42.6 Å². The number of halogens is 10. The summed E-state index contributed by atoms with van der Waals surface area (Å²) in [6.45, 7) is 8.48. The van der Waals surface area contributed by atoms with Crippen molar-refractivity contribution in [1.82, 2.24) is 29.1 Å². The molecule has 18 nitrogen and oxygen atoms in total. The first kappa shape index (κ1) is 73.7. The Balaban J connectivity index is 0.00000122. The summed E-state index contributed by atoms with van der Waals surface area (Å²) in [7, 11) is 28.5. The lowest BCUT2D eigenvalue weighted by atomic mass is 8.64. The highest BCUT2D eigenvalue weighted by atomic mass is 35.5. The van der Waals surface area contributed by atoms with Gasteiger partial charge in [-0.15, -0.1) is 0 Å². The third-order valence-corrected chi connectivity index (χ3v) is 9.58. The van der Waals surface area contributed by atoms with Crippen LogP contribution in [0.3, 0.4) is 0 Å². The maximum atomic E-state index is 14.7. The van der Waals surface area contributed by atoms with Crippen molar-refractivity contribution in [3.05, 3.63) is 137 Å². The molecule has 37 heteroatoms. The van der Waals surface area contributed by atoms with Crippen molar-refractivity contribution < 1.29 is 78.0 Å². The topological polar surface area (TPSA) is 230 Å². The van der Waals surface area contributed by atoms with Gasteiger partial charge in [0.2, 0.25) is 0 Å². The molecule has 4 heterocycles. The van der Waals surface area contributed by atoms with Gasteiger partial charge in [-0.05, 0) is 49.2 Å². The van der Waals surface area contributed by atoms with Gasteiger partial charge >= 0.3 is 36.4 Å². The third kappa shape index (κ3) is 22.6. The van der Waals surface area contributed by atoms with Crippen molar-refractivity contribution in [2.24, 2.45) is 0 Å². The van der Waals surface area contributed by atoms with E-state index in [0.717, 1.165) is 31.4 Å². The van der Waals surface area contributed by atoms with Crippen LogP contribution in [-0.4, -0.2) is 127 Å². The molecule has 0 spiro atoms. The van der Waals surface area contributed by atoms with Gasteiger partial charge in [0.1, 0.15) is 28.8 Å². The van der Waals surface area contributed by atoms with Crippen molar-refractivity contribution in [3.63, 3.8) is 0 Å². The Morgan fingerprint density at radius 2 is 1.09 bits per heavy atom. The summed E-state index contributed by atoms with van der Waals surface area (Å²) >= 11 is 12.1. The zero-order valence-corrected chi connectivity index (χ0v) is 43.9. The summed E-state index contributed by atoms with van der Waals surface area (Å²) in [4.78, 5) is 82.1. The van der Waals surface area contributed by atoms with Gasteiger partial charge < -0.3 is 28.7 Å². The van der Waals surface area contributed by atoms with Crippen molar-refractivity contribution in [1.29, 1.82) is 0 Å². The maximum Gasteiger partial charge on any atom is 0.433 e. The molecular weight excluding hydrogens is 1120 g/mol. The van der Waals surface area contributed by atoms with Crippen molar-refractivity contribution in [2.45, 2.75) is 60.3 Å². The quantitative estimate of drug-likeness (QED) is 0.0816. The second-order valence-electron chi connectivity index (χ2n) is 14.5. The first-order chi connectivity index (χ1) is 37.7. The molecule has 0 fully saturated rings. The van der Waals surface area contributed by atoms with Gasteiger partial charge in [-0.1, -0.05) is 58.3 Å². The lowest BCUT2D eigenvalue weighted by Gasteiger charge is -2.17. The molecule has 6 rings (SSSR count). The van der Waals surface area contributed by atoms with Gasteiger partial charge in [-0.2, -0.15) is 50.5 Å². The second kappa shape index (κ2) is 36.1. The Bertz CT molecular complexity index is 3160. The first-order valence-electron chi connectivity index (χ1n) is 22.4. The fraction of sp³-hybridized carbons (Fsp3) is 0.273. The van der Waals surface area contributed by atoms with Crippen molar-refractivity contribution in [3.8, 4) is 52.1 Å². The minimum Gasteiger partial charge on any atom is -0.475 e. The number of pyridine rings is 2. The number of methoxy groups -OCH3 is 1. The van der Waals surface area contributed by atoms with E-state index in [1.54, 1.807) is 6.07 Å². The van der Waals surface area contributed by atoms with Gasteiger partial charge in [0.15, 0.2) is 17.2 Å². The van der Waals surface area contributed by atoms with E-state index < -0.39 is 82.3 Å². The van der Waals surface area contributed by atoms with Gasteiger partial charge in [0.05, 0.1) is 41.7 Å². The molecule has 11 radical (unpaired) electrons. The third-order valence-electron chi connectivity index (χ3n) is 8.99. The molecule has 1 N–H and O–H groups in total. The molecule has 0 aliphatic rings. The van der Waals surface area contributed by atoms with Crippen LogP contribution in [0.1, 0.15) is 59.4 Å². The lowest BCUT2D eigenvalue weighted by Crippen LogP contribution is -2.55. The standard InChI is InChI=1S/C20H16ClF4N3O4.C19H14ClF4N3O4.C2H6.2CO2.CH4.B9/c1-3-7-31-18-14(5-4-6-26-18)32-15-9-13(12(22)8-11(15)21)28-17(29)10-16(20(23,24)25)27-19(28)30-2;1-2-6-30-17-13(4-3-5-25-17)31-14-8-12(11(21)7-10(14)20)27-16(28)9-15(19(22,23)24)26-18(27)29;1-2;2*2-1-3;;1-6-9(7(2)3)8(4)5/h4-6,8-10H,3,7H2,1-2H3;3-5,7-9H,2,6H2,1H3,(H,26,29);1-2H3;;;1H4;. The molecule has 0 bridgehead atoms. The molecule has 0 unspecified atom stereocenters. The number of hydrogen-bond donors (Lipinski definition) is 1. The van der Waals surface area contributed by atoms with E-state index in [9.17, 15) is 49.5 Å². The number of nitrogens with one attached hydrogen (secondary N) is 1. The van der Waals surface area contributed by atoms with Gasteiger partial charge in [-0.25, -0.2) is 32.7 Å². The normalized spacial score (nSPS) is 10.0. The van der Waals surface area contributed by atoms with E-state index in [0.29, 0.717) is 30.6 Å². The van der Waals surface area contributed by atoms with Crippen LogP contribution in [0, 0.1) is 11.6 Å². The van der Waals surface area contributed by atoms with E-state index >= 15 is 0 Å². The smallest absolute Gasteiger partial charge is 0.433 e. The second-order valence-corrected chi connectivity index (χ2v) is 15.3. The van der Waals surface area contributed by atoms with Gasteiger partial charge in [-0.3, -0.25) is 9.59 Å². The molecule has 0 saturated heterocycles. The van der Waals surface area contributed by atoms with Crippen LogP contribution in [-0.2, 0) is 31.5 Å². The number of rotatable bonds is 16. The molecule has 0 atom stereocenters. The van der Waals surface area contributed by atoms with Crippen LogP contribution in [0.15, 0.2) is 87.4 Å². The number of benzene rings is 2. The van der Waals surface area contributed by atoms with Gasteiger partial charge in [0.25, 0.3) is 22.9 Å². The summed E-state index contributed by atoms with van der Waals surface area (Å²) in [5.41, 5.74) is -8.26. The molecule has 81 heavy (non-hydrogen) atoms. The van der Waals surface area contributed by atoms with Crippen LogP contribution >= 0.6 is 23.2 Å². The van der Waals surface area contributed by atoms with Crippen molar-refractivity contribution in [2.75, 3.05) is 20.3 Å². The lowest BCUT2D eigenvalue weighted by molar-refractivity contribution is -0.193. The number of aromatic amines is 1. The first-order valence-corrected chi connectivity index (χ1v) is 23.2. The van der Waals surface area contributed by atoms with E-state index in [1.807, 2.05) is 27.7 Å². The maximum absolute atomic E-state index is 14.7. The van der Waals surface area contributed by atoms with Crippen LogP contribution in [0.25, 0.3) is 11.4 Å². The predicted molar refractivity (Wildman–Crippen MR) is 289 cm³/mol. The summed E-state index contributed by atoms with van der Waals surface area (Å²) < 4.78 is 134. The Labute approximate surface area is 475 Å². The molecule has 415 valence electrons. The van der Waals surface area contributed by atoms with Crippen LogP contribution in [0.5, 0.6) is 40.8 Å². The minimum atomic E-state index is -4.96. The number of carbonyl (C=O) groups excluding carboxylic acids is 4. The Morgan fingerprint density at radius 3 is 1.42 bits per heavy atom. The molecule has 0 amide bonds. The molecule has 6 aromatic rings. The number of aromatic nitrogens is 6. The largest absolute Gasteiger partial charge is 0.475 e. The van der Waals surface area contributed by atoms with E-state index in [4.69, 9.17) is 105 Å². The fourth-order valence-electron chi connectivity index (χ4n) is 5.65. The average Bonchev–Trinajstić information content (AvgIpc) is 3.38. The highest BCUT2D eigenvalue weighted by molar-refractivity contribution is 7.93. The zero-order valence-electron chi connectivity index (χ0n) is 42.4. The Kier molecular flexibility index (Phi) is 32.8. The van der Waals surface area contributed by atoms with Crippen LogP contribution < -0.4 is 40.5 Å². The Hall–Kier alpha value is -7.34. The monoisotopic (exact) mass is 1170 g/mol. The van der Waals surface area contributed by atoms with Gasteiger partial charge in [0, 0.05) is 102 Å². The number of ether oxygens (including phenoxy) is 5. The summed E-state index contributed by atoms with van der Waals surface area (Å²) in [6.07, 6.45) is -6.48. The summed E-state index contributed by atoms with van der Waals surface area (Å²) in [5, 5.41) is -0.383. The molecular formula is C44H40B9Cl2F8N6O12. The zero-order chi connectivity index (χ0) is 61.1. The van der Waals surface area contributed by atoms with Crippen LogP contribution in [0.2, 0.25) is 10.0 Å². The van der Waals surface area contributed by atoms with E-state index in [-0.39, 0.29) is 87.6 Å². The Morgan fingerprint density at radius 1 is 0.679 bits per heavy atom. The SMILES string of the molecule is C.CC.CCCOc1ncccc1Oc1cc(-n2c(=O)cc(C(F)(F)F)[nH]c2=O)c(F)cc1Cl.CCCOc1ncccc1Oc1cc(-n2c(OC)nc(C(F)(F)F)cc2=O)c(F)cc1Cl.O=C=O.O=C=O.[B][B]B(B([B])[B])B([B])[B]. The number of hydrogen-bond acceptors (Lipinski definition) is 15. The molecule has 0 aliphatic carbocycles. The molecule has 0 aliphatic heterocycles. The average molecular weight is 1170 g/mol. The predicted octanol–water partition coefficient (Wildman–Crippen LogP) is 6.41. The van der Waals surface area contributed by atoms with Crippen molar-refractivity contribution >= 4 is 100 Å². The minimum absolute atomic E-state index is 0. The number of H-pyrrole nitrogens is 1. The summed E-state index contributed by atoms with van der Waals surface area (Å²) in [6, 6.07) is 9.30. The number of nitrogens with zero attached hydrogens (tertiary/aromatic N) is 5. The molecule has 0 saturated carbocycles. The molecule has 4 aromatic heterocycles. The fourth-order valence-corrected chi connectivity index (χ4v) is 6.03. The number of alkyl halides is 6. The highest BCUT2D eigenvalue weighted by Crippen LogP contribution is 2.38.